The molecule has 0 aliphatic heterocycles. The van der Waals surface area contributed by atoms with E-state index >= 15 is 0 Å². The molecule has 0 radical (unpaired) electrons. The highest BCUT2D eigenvalue weighted by Crippen LogP contribution is 2.45. The number of para-hydroxylation sites is 1. The Hall–Kier alpha value is -4.06. The number of fused-ring (bicyclic) bond motifs is 1. The molecule has 2 amide bonds. The lowest BCUT2D eigenvalue weighted by Gasteiger charge is -2.41. The van der Waals surface area contributed by atoms with Gasteiger partial charge in [0.05, 0.1) is 18.2 Å². The van der Waals surface area contributed by atoms with Gasteiger partial charge in [-0.2, -0.15) is 5.26 Å². The molecule has 1 unspecified atom stereocenters. The van der Waals surface area contributed by atoms with Gasteiger partial charge in [0.25, 0.3) is 11.8 Å². The Morgan fingerprint density at radius 1 is 1.15 bits per heavy atom. The van der Waals surface area contributed by atoms with Crippen molar-refractivity contribution < 1.29 is 9.59 Å². The molecular weight excluding hydrogens is 430 g/mol. The van der Waals surface area contributed by atoms with Gasteiger partial charge in [-0.05, 0) is 37.8 Å². The zero-order valence-electron chi connectivity index (χ0n) is 18.7. The van der Waals surface area contributed by atoms with Crippen LogP contribution in [0.3, 0.4) is 0 Å². The van der Waals surface area contributed by atoms with Crippen LogP contribution in [0.5, 0.6) is 0 Å². The number of nitrogens with one attached hydrogen (secondary N) is 2. The second kappa shape index (κ2) is 9.06. The van der Waals surface area contributed by atoms with Gasteiger partial charge in [0.2, 0.25) is 0 Å². The molecule has 9 heteroatoms. The van der Waals surface area contributed by atoms with Gasteiger partial charge in [-0.15, -0.1) is 0 Å². The summed E-state index contributed by atoms with van der Waals surface area (Å²) in [6.07, 6.45) is 10.00. The average Bonchev–Trinajstić information content (AvgIpc) is 3.55. The first-order valence-electron chi connectivity index (χ1n) is 11.6. The molecule has 1 saturated carbocycles. The molecule has 2 aromatic heterocycles. The highest BCUT2D eigenvalue weighted by molar-refractivity contribution is 6.11. The monoisotopic (exact) mass is 455 g/mol. The number of aromatic amines is 1. The van der Waals surface area contributed by atoms with Crippen LogP contribution < -0.4 is 10.2 Å². The van der Waals surface area contributed by atoms with E-state index in [-0.39, 0.29) is 23.3 Å². The van der Waals surface area contributed by atoms with E-state index < -0.39 is 11.4 Å². The van der Waals surface area contributed by atoms with Gasteiger partial charge in [0, 0.05) is 17.3 Å². The fourth-order valence-corrected chi connectivity index (χ4v) is 5.24. The van der Waals surface area contributed by atoms with E-state index in [1.54, 1.807) is 12.1 Å². The normalized spacial score (nSPS) is 19.7. The highest BCUT2D eigenvalue weighted by atomic mass is 16.2. The van der Waals surface area contributed by atoms with Crippen molar-refractivity contribution in [3.05, 3.63) is 71.8 Å². The van der Waals surface area contributed by atoms with Crippen LogP contribution in [0.25, 0.3) is 0 Å². The molecule has 5 rings (SSSR count). The van der Waals surface area contributed by atoms with Crippen LogP contribution in [-0.2, 0) is 16.8 Å². The maximum absolute atomic E-state index is 14.3. The molecule has 172 valence electrons. The quantitative estimate of drug-likeness (QED) is 0.609. The number of H-pyrrole nitrogens is 1. The number of carbonyl (C=O) groups is 2. The lowest BCUT2D eigenvalue weighted by molar-refractivity contribution is -0.127. The molecule has 2 aliphatic carbocycles. The zero-order chi connectivity index (χ0) is 23.5. The van der Waals surface area contributed by atoms with E-state index in [9.17, 15) is 14.9 Å². The van der Waals surface area contributed by atoms with Crippen LogP contribution >= 0.6 is 0 Å². The number of nitrogens with zero attached hydrogens (tertiary/aromatic N) is 5. The molecule has 0 saturated heterocycles. The van der Waals surface area contributed by atoms with E-state index in [0.29, 0.717) is 29.8 Å². The first-order chi connectivity index (χ1) is 16.6. The third kappa shape index (κ3) is 3.61. The van der Waals surface area contributed by atoms with Gasteiger partial charge in [0.1, 0.15) is 23.8 Å². The summed E-state index contributed by atoms with van der Waals surface area (Å²) in [5.41, 5.74) is 0.452. The topological polar surface area (TPSA) is 128 Å². The molecule has 2 heterocycles. The Labute approximate surface area is 197 Å². The Morgan fingerprint density at radius 2 is 1.94 bits per heavy atom. The molecule has 3 aromatic rings. The van der Waals surface area contributed by atoms with Crippen molar-refractivity contribution in [2.45, 2.75) is 56.5 Å². The molecule has 9 nitrogen and oxygen atoms in total. The van der Waals surface area contributed by atoms with E-state index in [0.717, 1.165) is 32.1 Å². The van der Waals surface area contributed by atoms with E-state index in [1.807, 2.05) is 18.2 Å². The minimum atomic E-state index is -1.47. The van der Waals surface area contributed by atoms with Crippen LogP contribution in [0.4, 0.5) is 5.69 Å². The molecule has 0 bridgehead atoms. The second-order valence-corrected chi connectivity index (χ2v) is 8.77. The minimum Gasteiger partial charge on any atom is -0.351 e. The Morgan fingerprint density at radius 3 is 2.65 bits per heavy atom. The van der Waals surface area contributed by atoms with Gasteiger partial charge < -0.3 is 10.3 Å². The SMILES string of the molecule is N#Cc1ncnc2c1C(C(=O)NC1CCCCC1)(N(C(=O)c1cnc[nH]1)c1ccccc1)CC2. The lowest BCUT2D eigenvalue weighted by Crippen LogP contribution is -2.60. The molecule has 1 fully saturated rings. The fraction of sp³-hybridized carbons (Fsp3) is 0.360. The zero-order valence-corrected chi connectivity index (χ0v) is 18.7. The number of hydrogen-bond acceptors (Lipinski definition) is 6. The van der Waals surface area contributed by atoms with Crippen molar-refractivity contribution in [1.29, 1.82) is 5.26 Å². The van der Waals surface area contributed by atoms with Crippen LogP contribution in [0.15, 0.2) is 49.2 Å². The van der Waals surface area contributed by atoms with Crippen LogP contribution in [0.1, 0.15) is 66.0 Å². The smallest absolute Gasteiger partial charge is 0.277 e. The average molecular weight is 456 g/mol. The second-order valence-electron chi connectivity index (χ2n) is 8.77. The summed E-state index contributed by atoms with van der Waals surface area (Å²) in [5, 5.41) is 13.1. The van der Waals surface area contributed by atoms with Crippen LogP contribution in [-0.4, -0.2) is 37.8 Å². The van der Waals surface area contributed by atoms with Crippen LogP contribution in [0, 0.1) is 11.3 Å². The number of benzene rings is 1. The van der Waals surface area contributed by atoms with Crippen LogP contribution in [0.2, 0.25) is 0 Å². The number of rotatable bonds is 5. The Kier molecular flexibility index (Phi) is 5.80. The summed E-state index contributed by atoms with van der Waals surface area (Å²) in [7, 11) is 0. The number of imidazole rings is 1. The molecule has 2 aliphatic rings. The van der Waals surface area contributed by atoms with Gasteiger partial charge >= 0.3 is 0 Å². The van der Waals surface area contributed by atoms with E-state index in [1.165, 1.54) is 23.8 Å². The molecular formula is C25H25N7O2. The summed E-state index contributed by atoms with van der Waals surface area (Å²) in [4.78, 5) is 45.2. The molecule has 34 heavy (non-hydrogen) atoms. The number of anilines is 1. The maximum atomic E-state index is 14.3. The predicted octanol–water partition coefficient (Wildman–Crippen LogP) is 3.01. The number of aryl methyl sites for hydroxylation is 1. The first-order valence-corrected chi connectivity index (χ1v) is 11.6. The van der Waals surface area contributed by atoms with Gasteiger partial charge in [0.15, 0.2) is 5.54 Å². The number of hydrogen-bond donors (Lipinski definition) is 2. The number of aromatic nitrogens is 4. The van der Waals surface area contributed by atoms with Gasteiger partial charge in [-0.3, -0.25) is 14.5 Å². The summed E-state index contributed by atoms with van der Waals surface area (Å²) < 4.78 is 0. The van der Waals surface area contributed by atoms with Crippen molar-refractivity contribution in [2.75, 3.05) is 4.90 Å². The highest BCUT2D eigenvalue weighted by Gasteiger charge is 2.55. The van der Waals surface area contributed by atoms with Gasteiger partial charge in [-0.25, -0.2) is 15.0 Å². The third-order valence-corrected chi connectivity index (χ3v) is 6.81. The molecule has 0 spiro atoms. The van der Waals surface area contributed by atoms with Crippen molar-refractivity contribution >= 4 is 17.5 Å². The molecule has 1 atom stereocenters. The van der Waals surface area contributed by atoms with Crippen molar-refractivity contribution in [2.24, 2.45) is 0 Å². The van der Waals surface area contributed by atoms with E-state index in [2.05, 4.69) is 31.3 Å². The molecule has 2 N–H and O–H groups in total. The maximum Gasteiger partial charge on any atom is 0.277 e. The largest absolute Gasteiger partial charge is 0.351 e. The standard InChI is InChI=1S/C25H25N7O2/c26-13-20-22-19(29-16-30-20)11-12-25(22,24(34)31-17-7-3-1-4-8-17)32(18-9-5-2-6-10-18)23(33)21-14-27-15-28-21/h2,5-6,9-10,14-17H,1,3-4,7-8,11-12H2,(H,27,28)(H,31,34). The summed E-state index contributed by atoms with van der Waals surface area (Å²) in [6, 6.07) is 11.2. The first kappa shape index (κ1) is 21.8. The minimum absolute atomic E-state index is 0.0252. The third-order valence-electron chi connectivity index (χ3n) is 6.81. The Bertz CT molecular complexity index is 1230. The van der Waals surface area contributed by atoms with E-state index in [4.69, 9.17) is 0 Å². The fourth-order valence-electron chi connectivity index (χ4n) is 5.24. The van der Waals surface area contributed by atoms with Crippen molar-refractivity contribution in [3.8, 4) is 6.07 Å². The lowest BCUT2D eigenvalue weighted by atomic mass is 9.85. The van der Waals surface area contributed by atoms with Crippen molar-refractivity contribution in [1.82, 2.24) is 25.3 Å². The summed E-state index contributed by atoms with van der Waals surface area (Å²) in [5.74, 6) is -0.718. The predicted molar refractivity (Wildman–Crippen MR) is 124 cm³/mol. The Balaban J connectivity index is 1.71. The number of nitriles is 1. The van der Waals surface area contributed by atoms with Crippen molar-refractivity contribution in [3.63, 3.8) is 0 Å². The molecule has 1 aromatic carbocycles. The number of amides is 2. The summed E-state index contributed by atoms with van der Waals surface area (Å²) >= 11 is 0. The van der Waals surface area contributed by atoms with Gasteiger partial charge in [-0.1, -0.05) is 37.5 Å². The summed E-state index contributed by atoms with van der Waals surface area (Å²) in [6.45, 7) is 0. The number of carbonyl (C=O) groups excluding carboxylic acids is 2.